The van der Waals surface area contributed by atoms with Crippen LogP contribution in [0.15, 0.2) is 30.5 Å². The Hall–Kier alpha value is -2.56. The van der Waals surface area contributed by atoms with Gasteiger partial charge in [-0.15, -0.1) is 12.4 Å². The van der Waals surface area contributed by atoms with Crippen LogP contribution in [-0.2, 0) is 12.7 Å². The Morgan fingerprint density at radius 3 is 1.82 bits per heavy atom. The maximum absolute atomic E-state index is 12.9. The molecule has 0 aliphatic carbocycles. The highest BCUT2D eigenvalue weighted by Crippen LogP contribution is 2.38. The summed E-state index contributed by atoms with van der Waals surface area (Å²) < 4.78 is 38.8. The Bertz CT molecular complexity index is 1080. The van der Waals surface area contributed by atoms with Gasteiger partial charge in [0.15, 0.2) is 6.29 Å². The molecule has 4 rings (SSSR count). The third-order valence-corrected chi connectivity index (χ3v) is 7.65. The number of aldehydes is 1. The zero-order valence-electron chi connectivity index (χ0n) is 23.2. The molecule has 0 amide bonds. The molecule has 0 bridgehead atoms. The molecule has 0 spiro atoms. The summed E-state index contributed by atoms with van der Waals surface area (Å²) in [6.07, 6.45) is -2.31. The monoisotopic (exact) mass is 568 g/mol. The van der Waals surface area contributed by atoms with Crippen LogP contribution in [-0.4, -0.2) is 85.5 Å². The number of rotatable bonds is 8. The Kier molecular flexibility index (Phi) is 10.5. The van der Waals surface area contributed by atoms with Gasteiger partial charge >= 0.3 is 6.18 Å². The Morgan fingerprint density at radius 2 is 1.38 bits per heavy atom. The van der Waals surface area contributed by atoms with Gasteiger partial charge < -0.3 is 15.1 Å². The van der Waals surface area contributed by atoms with Crippen LogP contribution in [0.4, 0.5) is 30.2 Å². The van der Waals surface area contributed by atoms with E-state index in [2.05, 4.69) is 57.6 Å². The van der Waals surface area contributed by atoms with E-state index in [1.807, 2.05) is 12.1 Å². The number of pyridine rings is 1. The molecular weight excluding hydrogens is 529 g/mol. The summed E-state index contributed by atoms with van der Waals surface area (Å²) >= 11 is 0. The molecule has 1 aromatic heterocycles. The number of hydrogen-bond donors (Lipinski definition) is 1. The molecular formula is C28H40ClF3N6O. The van der Waals surface area contributed by atoms with Crippen LogP contribution in [0.5, 0.6) is 0 Å². The third-order valence-electron chi connectivity index (χ3n) is 7.65. The summed E-state index contributed by atoms with van der Waals surface area (Å²) in [5, 5.41) is 3.25. The summed E-state index contributed by atoms with van der Waals surface area (Å²) in [7, 11) is 0. The van der Waals surface area contributed by atoms with E-state index in [1.54, 1.807) is 0 Å². The van der Waals surface area contributed by atoms with Gasteiger partial charge in [-0.25, -0.2) is 4.98 Å². The summed E-state index contributed by atoms with van der Waals surface area (Å²) in [5.41, 5.74) is 3.29. The lowest BCUT2D eigenvalue weighted by Gasteiger charge is -2.43. The first-order valence-corrected chi connectivity index (χ1v) is 13.4. The van der Waals surface area contributed by atoms with Crippen molar-refractivity contribution in [3.8, 4) is 0 Å². The molecule has 2 saturated heterocycles. The number of alkyl halides is 3. The predicted octanol–water partition coefficient (Wildman–Crippen LogP) is 5.01. The molecule has 0 radical (unpaired) electrons. The predicted molar refractivity (Wildman–Crippen MR) is 153 cm³/mol. The Labute approximate surface area is 235 Å². The molecule has 11 heteroatoms. The van der Waals surface area contributed by atoms with Gasteiger partial charge in [-0.05, 0) is 51.5 Å². The van der Waals surface area contributed by atoms with Gasteiger partial charge in [-0.2, -0.15) is 13.2 Å². The lowest BCUT2D eigenvalue weighted by atomic mass is 10.0. The van der Waals surface area contributed by atoms with E-state index in [1.165, 1.54) is 12.3 Å². The van der Waals surface area contributed by atoms with Gasteiger partial charge in [0.05, 0.1) is 23.3 Å². The average molecular weight is 569 g/mol. The molecule has 3 heterocycles. The van der Waals surface area contributed by atoms with Crippen LogP contribution in [0.2, 0.25) is 0 Å². The number of piperazine rings is 2. The summed E-state index contributed by atoms with van der Waals surface area (Å²) in [5.74, 6) is 0. The molecule has 0 saturated carbocycles. The number of nitrogens with one attached hydrogen (secondary N) is 1. The van der Waals surface area contributed by atoms with Crippen molar-refractivity contribution in [2.45, 2.75) is 52.5 Å². The zero-order valence-corrected chi connectivity index (χ0v) is 24.0. The van der Waals surface area contributed by atoms with Gasteiger partial charge in [0, 0.05) is 76.5 Å². The maximum atomic E-state index is 12.9. The third kappa shape index (κ3) is 7.35. The van der Waals surface area contributed by atoms with Crippen molar-refractivity contribution < 1.29 is 18.0 Å². The van der Waals surface area contributed by atoms with E-state index in [0.717, 1.165) is 81.6 Å². The highest BCUT2D eigenvalue weighted by atomic mass is 35.5. The van der Waals surface area contributed by atoms with Crippen molar-refractivity contribution in [1.29, 1.82) is 0 Å². The first-order valence-electron chi connectivity index (χ1n) is 13.4. The number of aromatic nitrogens is 1. The van der Waals surface area contributed by atoms with Crippen molar-refractivity contribution >= 4 is 35.8 Å². The van der Waals surface area contributed by atoms with E-state index in [-0.39, 0.29) is 12.4 Å². The van der Waals surface area contributed by atoms with Crippen LogP contribution in [0, 0.1) is 0 Å². The van der Waals surface area contributed by atoms with E-state index >= 15 is 0 Å². The fourth-order valence-corrected chi connectivity index (χ4v) is 5.35. The van der Waals surface area contributed by atoms with Crippen LogP contribution in [0.1, 0.15) is 49.3 Å². The number of carbonyl (C=O) groups is 1. The average Bonchev–Trinajstić information content (AvgIpc) is 2.91. The largest absolute Gasteiger partial charge is 0.433 e. The Morgan fingerprint density at radius 1 is 0.846 bits per heavy atom. The highest BCUT2D eigenvalue weighted by Gasteiger charge is 2.32. The van der Waals surface area contributed by atoms with Crippen LogP contribution in [0.3, 0.4) is 0 Å². The number of benzene rings is 1. The van der Waals surface area contributed by atoms with Gasteiger partial charge in [0.2, 0.25) is 0 Å². The second-order valence-corrected chi connectivity index (χ2v) is 10.6. The standard InChI is InChI=1S/C28H39F3N6O.ClH/c1-20(2)34-9-13-36(14-10-34)26-22(17-32-24-7-8-25(33-18-24)28(29,30)31)5-6-23(19-38)27(26)37-15-11-35(12-16-37)21(3)4;/h5-8,18-21,32H,9-17H2,1-4H3;1H. The molecule has 39 heavy (non-hydrogen) atoms. The number of anilines is 3. The molecule has 2 aromatic rings. The van der Waals surface area contributed by atoms with Crippen molar-refractivity contribution in [2.24, 2.45) is 0 Å². The molecule has 2 aliphatic rings. The minimum Gasteiger partial charge on any atom is -0.380 e. The van der Waals surface area contributed by atoms with Crippen molar-refractivity contribution in [3.05, 3.63) is 47.3 Å². The molecule has 1 aromatic carbocycles. The van der Waals surface area contributed by atoms with Crippen LogP contribution in [0.25, 0.3) is 0 Å². The van der Waals surface area contributed by atoms with Gasteiger partial charge in [-0.1, -0.05) is 6.07 Å². The fraction of sp³-hybridized carbons (Fsp3) is 0.571. The smallest absolute Gasteiger partial charge is 0.380 e. The van der Waals surface area contributed by atoms with Crippen molar-refractivity contribution in [1.82, 2.24) is 14.8 Å². The lowest BCUT2D eigenvalue weighted by molar-refractivity contribution is -0.141. The molecule has 7 nitrogen and oxygen atoms in total. The van der Waals surface area contributed by atoms with Gasteiger partial charge in [0.1, 0.15) is 5.69 Å². The summed E-state index contributed by atoms with van der Waals surface area (Å²) in [6, 6.07) is 7.17. The van der Waals surface area contributed by atoms with Crippen LogP contribution < -0.4 is 15.1 Å². The van der Waals surface area contributed by atoms with Gasteiger partial charge in [-0.3, -0.25) is 14.6 Å². The first kappa shape index (κ1) is 31.0. The second-order valence-electron chi connectivity index (χ2n) is 10.6. The Balaban J connectivity index is 0.00000420. The molecule has 2 aliphatic heterocycles. The molecule has 2 fully saturated rings. The van der Waals surface area contributed by atoms with E-state index < -0.39 is 11.9 Å². The van der Waals surface area contributed by atoms with Crippen LogP contribution >= 0.6 is 12.4 Å². The number of hydrogen-bond acceptors (Lipinski definition) is 7. The van der Waals surface area contributed by atoms with E-state index in [0.29, 0.717) is 29.9 Å². The quantitative estimate of drug-likeness (QED) is 0.449. The topological polar surface area (TPSA) is 55.0 Å². The fourth-order valence-electron chi connectivity index (χ4n) is 5.35. The maximum Gasteiger partial charge on any atom is 0.433 e. The summed E-state index contributed by atoms with van der Waals surface area (Å²) in [4.78, 5) is 25.4. The van der Waals surface area contributed by atoms with Gasteiger partial charge in [0.25, 0.3) is 0 Å². The molecule has 216 valence electrons. The molecule has 0 atom stereocenters. The lowest BCUT2D eigenvalue weighted by Crippen LogP contribution is -2.51. The number of halogens is 4. The van der Waals surface area contributed by atoms with E-state index in [4.69, 9.17) is 0 Å². The SMILES string of the molecule is CC(C)N1CCN(c2c(C=O)ccc(CNc3ccc(C(F)(F)F)nc3)c2N2CCN(C(C)C)CC2)CC1.Cl. The molecule has 0 unspecified atom stereocenters. The van der Waals surface area contributed by atoms with E-state index in [9.17, 15) is 18.0 Å². The zero-order chi connectivity index (χ0) is 27.4. The minimum absolute atomic E-state index is 0. The van der Waals surface area contributed by atoms with Crippen molar-refractivity contribution in [3.63, 3.8) is 0 Å². The second kappa shape index (κ2) is 13.2. The summed E-state index contributed by atoms with van der Waals surface area (Å²) in [6.45, 7) is 16.3. The minimum atomic E-state index is -4.47. The first-order chi connectivity index (χ1) is 18.1. The highest BCUT2D eigenvalue weighted by molar-refractivity contribution is 5.93. The number of carbonyl (C=O) groups excluding carboxylic acids is 1. The van der Waals surface area contributed by atoms with Crippen molar-refractivity contribution in [2.75, 3.05) is 67.5 Å². The normalized spacial score (nSPS) is 17.5. The molecule has 1 N–H and O–H groups in total. The number of nitrogens with zero attached hydrogens (tertiary/aromatic N) is 5.